The predicted molar refractivity (Wildman–Crippen MR) is 92.9 cm³/mol. The molecule has 0 bridgehead atoms. The molecule has 7 heteroatoms. The summed E-state index contributed by atoms with van der Waals surface area (Å²) in [6.07, 6.45) is 0.874. The monoisotopic (exact) mass is 348 g/mol. The van der Waals surface area contributed by atoms with Crippen molar-refractivity contribution in [2.75, 3.05) is 14.2 Å². The third-order valence-electron chi connectivity index (χ3n) is 3.51. The first-order valence-corrected chi connectivity index (χ1v) is 8.23. The number of nitrogens with one attached hydrogen (secondary N) is 2. The molecule has 1 aromatic carbocycles. The SMILES string of the molecule is CCc1sc(C(=O)NNC(=O)c2ccc(OC)cc2OC)cc1C. The number of thiophene rings is 1. The number of benzene rings is 1. The molecule has 0 saturated heterocycles. The summed E-state index contributed by atoms with van der Waals surface area (Å²) in [5.41, 5.74) is 6.21. The summed E-state index contributed by atoms with van der Waals surface area (Å²) in [7, 11) is 2.99. The Balaban J connectivity index is 2.06. The first-order valence-electron chi connectivity index (χ1n) is 7.42. The average molecular weight is 348 g/mol. The molecule has 0 unspecified atom stereocenters. The van der Waals surface area contributed by atoms with E-state index >= 15 is 0 Å². The molecule has 0 fully saturated rings. The zero-order chi connectivity index (χ0) is 17.7. The van der Waals surface area contributed by atoms with Gasteiger partial charge in [0.1, 0.15) is 11.5 Å². The van der Waals surface area contributed by atoms with E-state index in [0.717, 1.165) is 16.9 Å². The Bertz CT molecular complexity index is 755. The molecule has 0 aliphatic rings. The van der Waals surface area contributed by atoms with Crippen LogP contribution in [0.3, 0.4) is 0 Å². The van der Waals surface area contributed by atoms with Crippen LogP contribution in [-0.4, -0.2) is 26.0 Å². The summed E-state index contributed by atoms with van der Waals surface area (Å²) < 4.78 is 10.3. The number of rotatable bonds is 5. The summed E-state index contributed by atoms with van der Waals surface area (Å²) in [6, 6.07) is 6.64. The lowest BCUT2D eigenvalue weighted by atomic mass is 10.2. The zero-order valence-corrected chi connectivity index (χ0v) is 14.9. The molecule has 0 aliphatic heterocycles. The van der Waals surface area contributed by atoms with Crippen LogP contribution in [0, 0.1) is 6.92 Å². The highest BCUT2D eigenvalue weighted by Gasteiger charge is 2.16. The van der Waals surface area contributed by atoms with E-state index in [1.54, 1.807) is 18.2 Å². The Morgan fingerprint density at radius 1 is 1.08 bits per heavy atom. The molecule has 24 heavy (non-hydrogen) atoms. The van der Waals surface area contributed by atoms with Crippen LogP contribution in [0.25, 0.3) is 0 Å². The van der Waals surface area contributed by atoms with Crippen molar-refractivity contribution < 1.29 is 19.1 Å². The summed E-state index contributed by atoms with van der Waals surface area (Å²) in [6.45, 7) is 4.01. The van der Waals surface area contributed by atoms with Crippen molar-refractivity contribution in [2.45, 2.75) is 20.3 Å². The second kappa shape index (κ2) is 7.83. The van der Waals surface area contributed by atoms with Gasteiger partial charge in [-0.15, -0.1) is 11.3 Å². The van der Waals surface area contributed by atoms with Gasteiger partial charge in [0.2, 0.25) is 0 Å². The highest BCUT2D eigenvalue weighted by molar-refractivity contribution is 7.14. The summed E-state index contributed by atoms with van der Waals surface area (Å²) in [5.74, 6) is 0.130. The number of hydrogen-bond donors (Lipinski definition) is 2. The normalized spacial score (nSPS) is 10.2. The van der Waals surface area contributed by atoms with Gasteiger partial charge in [0.25, 0.3) is 11.8 Å². The predicted octanol–water partition coefficient (Wildman–Crippen LogP) is 2.71. The van der Waals surface area contributed by atoms with Gasteiger partial charge in [0.15, 0.2) is 0 Å². The second-order valence-corrected chi connectivity index (χ2v) is 6.18. The first kappa shape index (κ1) is 17.8. The third kappa shape index (κ3) is 3.86. The van der Waals surface area contributed by atoms with Crippen LogP contribution < -0.4 is 20.3 Å². The Kier molecular flexibility index (Phi) is 5.81. The van der Waals surface area contributed by atoms with Gasteiger partial charge in [-0.25, -0.2) is 0 Å². The topological polar surface area (TPSA) is 76.7 Å². The molecule has 2 rings (SSSR count). The minimum absolute atomic E-state index is 0.301. The number of hydrogen-bond acceptors (Lipinski definition) is 5. The molecule has 0 radical (unpaired) electrons. The zero-order valence-electron chi connectivity index (χ0n) is 14.1. The lowest BCUT2D eigenvalue weighted by Crippen LogP contribution is -2.41. The quantitative estimate of drug-likeness (QED) is 0.815. The van der Waals surface area contributed by atoms with Gasteiger partial charge >= 0.3 is 0 Å². The summed E-state index contributed by atoms with van der Waals surface area (Å²) in [4.78, 5) is 26.1. The van der Waals surface area contributed by atoms with Crippen molar-refractivity contribution in [1.29, 1.82) is 0 Å². The van der Waals surface area contributed by atoms with Crippen molar-refractivity contribution in [3.63, 3.8) is 0 Å². The van der Waals surface area contributed by atoms with Gasteiger partial charge in [-0.05, 0) is 37.1 Å². The summed E-state index contributed by atoms with van der Waals surface area (Å²) in [5, 5.41) is 0. The second-order valence-electron chi connectivity index (χ2n) is 5.04. The van der Waals surface area contributed by atoms with Crippen molar-refractivity contribution >= 4 is 23.2 Å². The maximum absolute atomic E-state index is 12.2. The lowest BCUT2D eigenvalue weighted by Gasteiger charge is -2.11. The van der Waals surface area contributed by atoms with Crippen LogP contribution >= 0.6 is 11.3 Å². The van der Waals surface area contributed by atoms with Gasteiger partial charge in [0.05, 0.1) is 24.7 Å². The van der Waals surface area contributed by atoms with E-state index in [9.17, 15) is 9.59 Å². The number of ether oxygens (including phenoxy) is 2. The van der Waals surface area contributed by atoms with Gasteiger partial charge in [-0.2, -0.15) is 0 Å². The van der Waals surface area contributed by atoms with E-state index in [0.29, 0.717) is 21.9 Å². The fraction of sp³-hybridized carbons (Fsp3) is 0.294. The molecule has 2 aromatic rings. The molecule has 1 aromatic heterocycles. The Morgan fingerprint density at radius 2 is 1.79 bits per heavy atom. The standard InChI is InChI=1S/C17H20N2O4S/c1-5-14-10(2)8-15(24-14)17(21)19-18-16(20)12-7-6-11(22-3)9-13(12)23-4/h6-9H,5H2,1-4H3,(H,18,20)(H,19,21). The fourth-order valence-corrected chi connectivity index (χ4v) is 3.22. The number of methoxy groups -OCH3 is 2. The van der Waals surface area contributed by atoms with Crippen LogP contribution in [0.4, 0.5) is 0 Å². The highest BCUT2D eigenvalue weighted by atomic mass is 32.1. The van der Waals surface area contributed by atoms with Gasteiger partial charge in [0, 0.05) is 10.9 Å². The first-order chi connectivity index (χ1) is 11.5. The van der Waals surface area contributed by atoms with E-state index in [2.05, 4.69) is 10.9 Å². The molecule has 0 spiro atoms. The highest BCUT2D eigenvalue weighted by Crippen LogP contribution is 2.24. The molecule has 0 aliphatic carbocycles. The molecule has 0 saturated carbocycles. The average Bonchev–Trinajstić information content (AvgIpc) is 2.99. The summed E-state index contributed by atoms with van der Waals surface area (Å²) >= 11 is 1.42. The van der Waals surface area contributed by atoms with Crippen molar-refractivity contribution in [3.8, 4) is 11.5 Å². The molecule has 6 nitrogen and oxygen atoms in total. The molecule has 2 N–H and O–H groups in total. The maximum Gasteiger partial charge on any atom is 0.279 e. The Morgan fingerprint density at radius 3 is 2.38 bits per heavy atom. The van der Waals surface area contributed by atoms with Crippen LogP contribution in [-0.2, 0) is 6.42 Å². The van der Waals surface area contributed by atoms with Crippen molar-refractivity contribution in [3.05, 3.63) is 45.1 Å². The number of aryl methyl sites for hydroxylation is 2. The van der Waals surface area contributed by atoms with E-state index in [-0.39, 0.29) is 5.91 Å². The molecule has 1 heterocycles. The largest absolute Gasteiger partial charge is 0.497 e. The third-order valence-corrected chi connectivity index (χ3v) is 4.89. The number of carbonyl (C=O) groups is 2. The Labute approximate surface area is 144 Å². The molecule has 0 atom stereocenters. The fourth-order valence-electron chi connectivity index (χ4n) is 2.21. The molecular weight excluding hydrogens is 328 g/mol. The van der Waals surface area contributed by atoms with Crippen molar-refractivity contribution in [1.82, 2.24) is 10.9 Å². The van der Waals surface area contributed by atoms with Crippen LogP contribution in [0.5, 0.6) is 11.5 Å². The van der Waals surface area contributed by atoms with Crippen LogP contribution in [0.2, 0.25) is 0 Å². The van der Waals surface area contributed by atoms with E-state index in [1.165, 1.54) is 25.6 Å². The Hall–Kier alpha value is -2.54. The minimum atomic E-state index is -0.466. The van der Waals surface area contributed by atoms with Crippen LogP contribution in [0.15, 0.2) is 24.3 Å². The smallest absolute Gasteiger partial charge is 0.279 e. The molecule has 2 amide bonds. The maximum atomic E-state index is 12.2. The number of carbonyl (C=O) groups excluding carboxylic acids is 2. The van der Waals surface area contributed by atoms with E-state index < -0.39 is 5.91 Å². The van der Waals surface area contributed by atoms with E-state index in [1.807, 2.05) is 19.9 Å². The van der Waals surface area contributed by atoms with Gasteiger partial charge in [-0.3, -0.25) is 20.4 Å². The van der Waals surface area contributed by atoms with Gasteiger partial charge in [-0.1, -0.05) is 6.92 Å². The molecule has 128 valence electrons. The van der Waals surface area contributed by atoms with Gasteiger partial charge < -0.3 is 9.47 Å². The number of hydrazine groups is 1. The molecular formula is C17H20N2O4S. The van der Waals surface area contributed by atoms with E-state index in [4.69, 9.17) is 9.47 Å². The van der Waals surface area contributed by atoms with Crippen LogP contribution in [0.1, 0.15) is 37.4 Å². The lowest BCUT2D eigenvalue weighted by molar-refractivity contribution is 0.0847. The minimum Gasteiger partial charge on any atom is -0.497 e. The number of amides is 2. The van der Waals surface area contributed by atoms with Crippen molar-refractivity contribution in [2.24, 2.45) is 0 Å².